The first kappa shape index (κ1) is 18.5. The van der Waals surface area contributed by atoms with Gasteiger partial charge in [0.05, 0.1) is 31.1 Å². The SMILES string of the molecule is COc1ccc(CC(=O)N2CCN(Cc3nc4ccccc4n3C)CC2)cc1. The molecule has 2 aromatic carbocycles. The van der Waals surface area contributed by atoms with Gasteiger partial charge in [-0.2, -0.15) is 0 Å². The Labute approximate surface area is 165 Å². The Kier molecular flexibility index (Phi) is 5.30. The van der Waals surface area contributed by atoms with Gasteiger partial charge in [0.15, 0.2) is 0 Å². The van der Waals surface area contributed by atoms with Crippen LogP contribution in [0.5, 0.6) is 5.75 Å². The number of methoxy groups -OCH3 is 1. The highest BCUT2D eigenvalue weighted by Crippen LogP contribution is 2.17. The molecule has 0 saturated carbocycles. The number of amides is 1. The van der Waals surface area contributed by atoms with Crippen molar-refractivity contribution in [3.05, 3.63) is 59.9 Å². The number of benzene rings is 2. The Bertz CT molecular complexity index is 956. The van der Waals surface area contributed by atoms with Crippen LogP contribution in [-0.2, 0) is 24.8 Å². The number of rotatable bonds is 5. The molecule has 146 valence electrons. The molecule has 4 rings (SSSR count). The van der Waals surface area contributed by atoms with Gasteiger partial charge in [0, 0.05) is 33.2 Å². The minimum absolute atomic E-state index is 0.188. The minimum atomic E-state index is 0.188. The van der Waals surface area contributed by atoms with Crippen LogP contribution in [0, 0.1) is 0 Å². The third-order valence-electron chi connectivity index (χ3n) is 5.48. The molecule has 0 aliphatic carbocycles. The first-order valence-electron chi connectivity index (χ1n) is 9.67. The lowest BCUT2D eigenvalue weighted by atomic mass is 10.1. The lowest BCUT2D eigenvalue weighted by Crippen LogP contribution is -2.48. The average molecular weight is 378 g/mol. The predicted molar refractivity (Wildman–Crippen MR) is 109 cm³/mol. The van der Waals surface area contributed by atoms with E-state index in [0.29, 0.717) is 6.42 Å². The van der Waals surface area contributed by atoms with E-state index in [1.54, 1.807) is 7.11 Å². The maximum Gasteiger partial charge on any atom is 0.227 e. The number of hydrogen-bond donors (Lipinski definition) is 0. The summed E-state index contributed by atoms with van der Waals surface area (Å²) in [5.41, 5.74) is 3.21. The van der Waals surface area contributed by atoms with E-state index in [9.17, 15) is 4.79 Å². The van der Waals surface area contributed by atoms with Crippen LogP contribution < -0.4 is 4.74 Å². The largest absolute Gasteiger partial charge is 0.497 e. The first-order valence-corrected chi connectivity index (χ1v) is 9.67. The van der Waals surface area contributed by atoms with Crippen molar-refractivity contribution < 1.29 is 9.53 Å². The number of hydrogen-bond acceptors (Lipinski definition) is 4. The number of carbonyl (C=O) groups excluding carboxylic acids is 1. The number of fused-ring (bicyclic) bond motifs is 1. The lowest BCUT2D eigenvalue weighted by molar-refractivity contribution is -0.132. The maximum absolute atomic E-state index is 12.6. The number of carbonyl (C=O) groups is 1. The van der Waals surface area contributed by atoms with E-state index in [1.807, 2.05) is 41.3 Å². The Morgan fingerprint density at radius 1 is 1.04 bits per heavy atom. The fourth-order valence-corrected chi connectivity index (χ4v) is 3.72. The van der Waals surface area contributed by atoms with Crippen molar-refractivity contribution in [1.29, 1.82) is 0 Å². The number of aryl methyl sites for hydroxylation is 1. The molecule has 1 aliphatic heterocycles. The quantitative estimate of drug-likeness (QED) is 0.684. The summed E-state index contributed by atoms with van der Waals surface area (Å²) in [5, 5.41) is 0. The fraction of sp³-hybridized carbons (Fsp3) is 0.364. The van der Waals surface area contributed by atoms with Gasteiger partial charge in [-0.25, -0.2) is 4.98 Å². The van der Waals surface area contributed by atoms with Crippen molar-refractivity contribution in [2.45, 2.75) is 13.0 Å². The van der Waals surface area contributed by atoms with Crippen LogP contribution in [-0.4, -0.2) is 58.5 Å². The predicted octanol–water partition coefficient (Wildman–Crippen LogP) is 2.47. The second kappa shape index (κ2) is 8.02. The Morgan fingerprint density at radius 2 is 1.75 bits per heavy atom. The van der Waals surface area contributed by atoms with Crippen molar-refractivity contribution >= 4 is 16.9 Å². The van der Waals surface area contributed by atoms with E-state index in [0.717, 1.165) is 60.9 Å². The van der Waals surface area contributed by atoms with Crippen LogP contribution in [0.4, 0.5) is 0 Å². The zero-order chi connectivity index (χ0) is 19.5. The van der Waals surface area contributed by atoms with Gasteiger partial charge >= 0.3 is 0 Å². The Hall–Kier alpha value is -2.86. The van der Waals surface area contributed by atoms with Gasteiger partial charge in [-0.05, 0) is 29.8 Å². The molecule has 0 radical (unpaired) electrons. The summed E-state index contributed by atoms with van der Waals surface area (Å²) in [6.07, 6.45) is 0.439. The molecule has 0 atom stereocenters. The third-order valence-corrected chi connectivity index (χ3v) is 5.48. The minimum Gasteiger partial charge on any atom is -0.497 e. The molecule has 6 nitrogen and oxygen atoms in total. The highest BCUT2D eigenvalue weighted by atomic mass is 16.5. The second-order valence-corrected chi connectivity index (χ2v) is 7.26. The third kappa shape index (κ3) is 3.87. The smallest absolute Gasteiger partial charge is 0.227 e. The van der Waals surface area contributed by atoms with E-state index in [1.165, 1.54) is 0 Å². The summed E-state index contributed by atoms with van der Waals surface area (Å²) in [4.78, 5) is 21.7. The topological polar surface area (TPSA) is 50.6 Å². The van der Waals surface area contributed by atoms with Gasteiger partial charge in [-0.3, -0.25) is 9.69 Å². The van der Waals surface area contributed by atoms with Gasteiger partial charge in [0.2, 0.25) is 5.91 Å². The molecule has 0 N–H and O–H groups in total. The van der Waals surface area contributed by atoms with Crippen molar-refractivity contribution in [3.8, 4) is 5.75 Å². The van der Waals surface area contributed by atoms with E-state index in [4.69, 9.17) is 9.72 Å². The molecule has 0 spiro atoms. The molecule has 2 heterocycles. The number of imidazole rings is 1. The number of aromatic nitrogens is 2. The molecule has 1 saturated heterocycles. The highest BCUT2D eigenvalue weighted by molar-refractivity contribution is 5.79. The summed E-state index contributed by atoms with van der Waals surface area (Å²) in [5.74, 6) is 2.07. The molecule has 3 aromatic rings. The van der Waals surface area contributed by atoms with E-state index in [-0.39, 0.29) is 5.91 Å². The van der Waals surface area contributed by atoms with Crippen LogP contribution in [0.1, 0.15) is 11.4 Å². The van der Waals surface area contributed by atoms with Crippen LogP contribution in [0.2, 0.25) is 0 Å². The summed E-state index contributed by atoms with van der Waals surface area (Å²) >= 11 is 0. The molecule has 1 amide bonds. The molecule has 1 aliphatic rings. The zero-order valence-corrected chi connectivity index (χ0v) is 16.5. The fourth-order valence-electron chi connectivity index (χ4n) is 3.72. The van der Waals surface area contributed by atoms with Crippen molar-refractivity contribution in [2.75, 3.05) is 33.3 Å². The number of ether oxygens (including phenoxy) is 1. The summed E-state index contributed by atoms with van der Waals surface area (Å²) in [6.45, 7) is 4.08. The maximum atomic E-state index is 12.6. The van der Waals surface area contributed by atoms with E-state index < -0.39 is 0 Å². The van der Waals surface area contributed by atoms with Gasteiger partial charge in [0.1, 0.15) is 11.6 Å². The van der Waals surface area contributed by atoms with Gasteiger partial charge in [0.25, 0.3) is 0 Å². The first-order chi connectivity index (χ1) is 13.6. The monoisotopic (exact) mass is 378 g/mol. The van der Waals surface area contributed by atoms with E-state index in [2.05, 4.69) is 28.6 Å². The molecular formula is C22H26N4O2. The van der Waals surface area contributed by atoms with Crippen LogP contribution in [0.15, 0.2) is 48.5 Å². The van der Waals surface area contributed by atoms with Crippen LogP contribution >= 0.6 is 0 Å². The van der Waals surface area contributed by atoms with E-state index >= 15 is 0 Å². The van der Waals surface area contributed by atoms with Crippen LogP contribution in [0.25, 0.3) is 11.0 Å². The van der Waals surface area contributed by atoms with Gasteiger partial charge in [-0.15, -0.1) is 0 Å². The Morgan fingerprint density at radius 3 is 2.43 bits per heavy atom. The van der Waals surface area contributed by atoms with Crippen molar-refractivity contribution in [3.63, 3.8) is 0 Å². The molecule has 28 heavy (non-hydrogen) atoms. The number of para-hydroxylation sites is 2. The van der Waals surface area contributed by atoms with Crippen molar-refractivity contribution in [1.82, 2.24) is 19.4 Å². The Balaban J connectivity index is 1.32. The molecule has 0 unspecified atom stereocenters. The van der Waals surface area contributed by atoms with Gasteiger partial charge in [-0.1, -0.05) is 24.3 Å². The normalized spacial score (nSPS) is 15.1. The summed E-state index contributed by atoms with van der Waals surface area (Å²) in [6, 6.07) is 15.9. The highest BCUT2D eigenvalue weighted by Gasteiger charge is 2.22. The molecule has 0 bridgehead atoms. The lowest BCUT2D eigenvalue weighted by Gasteiger charge is -2.34. The molecule has 1 fully saturated rings. The zero-order valence-electron chi connectivity index (χ0n) is 16.5. The molecule has 1 aromatic heterocycles. The summed E-state index contributed by atoms with van der Waals surface area (Å²) < 4.78 is 7.33. The number of piperazine rings is 1. The molecular weight excluding hydrogens is 352 g/mol. The molecule has 6 heteroatoms. The second-order valence-electron chi connectivity index (χ2n) is 7.26. The van der Waals surface area contributed by atoms with Crippen molar-refractivity contribution in [2.24, 2.45) is 7.05 Å². The summed E-state index contributed by atoms with van der Waals surface area (Å²) in [7, 11) is 3.71. The van der Waals surface area contributed by atoms with Crippen LogP contribution in [0.3, 0.4) is 0 Å². The average Bonchev–Trinajstić information content (AvgIpc) is 3.05. The standard InChI is InChI=1S/C22H26N4O2/c1-24-20-6-4-3-5-19(20)23-21(24)16-25-11-13-26(14-12-25)22(27)15-17-7-9-18(28-2)10-8-17/h3-10H,11-16H2,1-2H3. The number of nitrogens with zero attached hydrogens (tertiary/aromatic N) is 4. The van der Waals surface area contributed by atoms with Gasteiger partial charge < -0.3 is 14.2 Å².